The molecule has 1 aromatic heterocycles. The first-order valence-electron chi connectivity index (χ1n) is 11.5. The Morgan fingerprint density at radius 3 is 2.42 bits per heavy atom. The Morgan fingerprint density at radius 1 is 1.12 bits per heavy atom. The smallest absolute Gasteiger partial charge is 0.256 e. The highest BCUT2D eigenvalue weighted by Crippen LogP contribution is 2.53. The van der Waals surface area contributed by atoms with E-state index >= 15 is 0 Å². The van der Waals surface area contributed by atoms with Gasteiger partial charge in [0.05, 0.1) is 23.1 Å². The van der Waals surface area contributed by atoms with E-state index in [1.165, 1.54) is 21.1 Å². The van der Waals surface area contributed by atoms with E-state index in [9.17, 15) is 19.6 Å². The van der Waals surface area contributed by atoms with Gasteiger partial charge in [0.2, 0.25) is 11.8 Å². The third kappa shape index (κ3) is 3.01. The Labute approximate surface area is 195 Å². The number of imide groups is 1. The second kappa shape index (κ2) is 7.39. The molecule has 2 aromatic rings. The van der Waals surface area contributed by atoms with E-state index in [-0.39, 0.29) is 41.4 Å². The Balaban J connectivity index is 1.21. The van der Waals surface area contributed by atoms with E-state index in [0.717, 1.165) is 31.2 Å². The number of hydrogen-bond acceptors (Lipinski definition) is 5. The van der Waals surface area contributed by atoms with Crippen molar-refractivity contribution < 1.29 is 14.4 Å². The van der Waals surface area contributed by atoms with Gasteiger partial charge in [-0.2, -0.15) is 5.26 Å². The summed E-state index contributed by atoms with van der Waals surface area (Å²) in [6, 6.07) is 8.86. The van der Waals surface area contributed by atoms with Gasteiger partial charge in [-0.25, -0.2) is 0 Å². The van der Waals surface area contributed by atoms with Gasteiger partial charge in [0.15, 0.2) is 0 Å². The quantitative estimate of drug-likeness (QED) is 0.549. The van der Waals surface area contributed by atoms with Crippen molar-refractivity contribution in [2.24, 2.45) is 29.6 Å². The summed E-state index contributed by atoms with van der Waals surface area (Å²) in [5, 5.41) is 13.2. The number of hydrogen-bond donors (Lipinski definition) is 1. The van der Waals surface area contributed by atoms with Crippen molar-refractivity contribution >= 4 is 39.7 Å². The lowest BCUT2D eigenvalue weighted by Crippen LogP contribution is -2.32. The van der Waals surface area contributed by atoms with Crippen molar-refractivity contribution in [3.63, 3.8) is 0 Å². The van der Waals surface area contributed by atoms with Crippen molar-refractivity contribution in [3.05, 3.63) is 58.0 Å². The molecule has 6 rings (SSSR count). The molecule has 4 aliphatic rings. The third-order valence-corrected chi connectivity index (χ3v) is 8.91. The monoisotopic (exact) mass is 457 g/mol. The molecule has 1 saturated heterocycles. The number of fused-ring (bicyclic) bond motifs is 6. The predicted octanol–water partition coefficient (Wildman–Crippen LogP) is 4.31. The van der Waals surface area contributed by atoms with Crippen LogP contribution in [0.4, 0.5) is 10.7 Å². The Bertz CT molecular complexity index is 1240. The lowest BCUT2D eigenvalue weighted by atomic mass is 9.85. The standard InChI is InChI=1S/C26H23N3O3S/c1-13-2-9-20-18(10-13)19(12-27)24(33-20)28-23(30)14-5-7-17(8-6-14)29-25(31)21-15-3-4-16(11-15)22(21)26(29)32/h3-8,13,15-16,21-22H,2,9-11H2,1H3,(H,28,30)/t13-,15+,16+,21+,22+/m1/s1. The molecule has 33 heavy (non-hydrogen) atoms. The summed E-state index contributed by atoms with van der Waals surface area (Å²) in [6.07, 6.45) is 7.96. The molecule has 1 aliphatic heterocycles. The highest BCUT2D eigenvalue weighted by molar-refractivity contribution is 7.16. The number of carbonyl (C=O) groups is 3. The molecule has 0 spiro atoms. The number of rotatable bonds is 3. The highest BCUT2D eigenvalue weighted by Gasteiger charge is 2.59. The average Bonchev–Trinajstić information content (AvgIpc) is 3.56. The van der Waals surface area contributed by atoms with E-state index in [2.05, 4.69) is 30.5 Å². The third-order valence-electron chi connectivity index (χ3n) is 7.70. The lowest BCUT2D eigenvalue weighted by molar-refractivity contribution is -0.123. The molecule has 2 bridgehead atoms. The normalized spacial score (nSPS) is 29.2. The summed E-state index contributed by atoms with van der Waals surface area (Å²) in [5.41, 5.74) is 2.58. The number of amides is 3. The van der Waals surface area contributed by atoms with Gasteiger partial charge in [0.25, 0.3) is 5.91 Å². The molecule has 2 fully saturated rings. The zero-order chi connectivity index (χ0) is 22.9. The second-order valence-electron chi connectivity index (χ2n) is 9.68. The SMILES string of the molecule is C[C@@H]1CCc2sc(NC(=O)c3ccc(N4C(=O)[C@@H]5[C@@H](C4=O)[C@H]4C=C[C@H]5C4)cc3)c(C#N)c2C1. The summed E-state index contributed by atoms with van der Waals surface area (Å²) >= 11 is 1.49. The van der Waals surface area contributed by atoms with Gasteiger partial charge < -0.3 is 5.32 Å². The maximum Gasteiger partial charge on any atom is 0.256 e. The summed E-state index contributed by atoms with van der Waals surface area (Å²) in [6.45, 7) is 2.19. The van der Waals surface area contributed by atoms with Gasteiger partial charge >= 0.3 is 0 Å². The number of nitrogens with one attached hydrogen (secondary N) is 1. The van der Waals surface area contributed by atoms with Crippen LogP contribution in [0.15, 0.2) is 36.4 Å². The zero-order valence-corrected chi connectivity index (χ0v) is 19.0. The summed E-state index contributed by atoms with van der Waals surface area (Å²) in [5.74, 6) is -0.173. The Hall–Kier alpha value is -3.24. The first-order chi connectivity index (χ1) is 16.0. The van der Waals surface area contributed by atoms with Gasteiger partial charge in [-0.05, 0) is 73.3 Å². The van der Waals surface area contributed by atoms with E-state index in [1.54, 1.807) is 24.3 Å². The van der Waals surface area contributed by atoms with Gasteiger partial charge in [-0.1, -0.05) is 19.1 Å². The Morgan fingerprint density at radius 2 is 1.79 bits per heavy atom. The van der Waals surface area contributed by atoms with E-state index in [0.29, 0.717) is 27.7 Å². The molecule has 1 N–H and O–H groups in total. The van der Waals surface area contributed by atoms with Crippen LogP contribution in [-0.4, -0.2) is 17.7 Å². The molecule has 2 heterocycles. The van der Waals surface area contributed by atoms with Crippen LogP contribution in [0.5, 0.6) is 0 Å². The minimum Gasteiger partial charge on any atom is -0.312 e. The number of allylic oxidation sites excluding steroid dienone is 2. The van der Waals surface area contributed by atoms with Crippen LogP contribution in [0.2, 0.25) is 0 Å². The zero-order valence-electron chi connectivity index (χ0n) is 18.2. The van der Waals surface area contributed by atoms with Crippen molar-refractivity contribution in [3.8, 4) is 6.07 Å². The fraction of sp³-hybridized carbons (Fsp3) is 0.385. The van der Waals surface area contributed by atoms with Gasteiger partial charge in [-0.15, -0.1) is 11.3 Å². The first-order valence-corrected chi connectivity index (χ1v) is 12.3. The first kappa shape index (κ1) is 20.4. The van der Waals surface area contributed by atoms with Crippen LogP contribution in [0, 0.1) is 40.9 Å². The van der Waals surface area contributed by atoms with Crippen molar-refractivity contribution in [2.45, 2.75) is 32.6 Å². The molecule has 6 nitrogen and oxygen atoms in total. The van der Waals surface area contributed by atoms with E-state index in [4.69, 9.17) is 0 Å². The maximum absolute atomic E-state index is 13.0. The average molecular weight is 458 g/mol. The number of anilines is 2. The number of thiophene rings is 1. The molecular formula is C26H23N3O3S. The summed E-state index contributed by atoms with van der Waals surface area (Å²) in [7, 11) is 0. The van der Waals surface area contributed by atoms with Gasteiger partial charge in [0.1, 0.15) is 11.1 Å². The number of nitriles is 1. The molecule has 166 valence electrons. The van der Waals surface area contributed by atoms with Gasteiger partial charge in [0, 0.05) is 10.4 Å². The van der Waals surface area contributed by atoms with Crippen molar-refractivity contribution in [2.75, 3.05) is 10.2 Å². The predicted molar refractivity (Wildman–Crippen MR) is 125 cm³/mol. The Kier molecular flexibility index (Phi) is 4.56. The maximum atomic E-state index is 13.0. The number of carbonyl (C=O) groups excluding carboxylic acids is 3. The topological polar surface area (TPSA) is 90.3 Å². The lowest BCUT2D eigenvalue weighted by Gasteiger charge is -2.17. The molecule has 1 saturated carbocycles. The molecule has 3 amide bonds. The summed E-state index contributed by atoms with van der Waals surface area (Å²) in [4.78, 5) is 41.4. The van der Waals surface area contributed by atoms with Crippen LogP contribution in [0.1, 0.15) is 46.1 Å². The molecule has 0 radical (unpaired) electrons. The van der Waals surface area contributed by atoms with Crippen LogP contribution in [-0.2, 0) is 22.4 Å². The molecule has 7 heteroatoms. The molecule has 3 aliphatic carbocycles. The van der Waals surface area contributed by atoms with Crippen molar-refractivity contribution in [1.29, 1.82) is 5.26 Å². The van der Waals surface area contributed by atoms with E-state index < -0.39 is 0 Å². The number of benzene rings is 1. The van der Waals surface area contributed by atoms with Crippen LogP contribution in [0.3, 0.4) is 0 Å². The van der Waals surface area contributed by atoms with Crippen LogP contribution >= 0.6 is 11.3 Å². The number of nitrogens with zero attached hydrogens (tertiary/aromatic N) is 2. The molecule has 5 atom stereocenters. The number of aryl methyl sites for hydroxylation is 1. The minimum atomic E-state index is -0.303. The molecule has 0 unspecified atom stereocenters. The van der Waals surface area contributed by atoms with Gasteiger partial charge in [-0.3, -0.25) is 19.3 Å². The van der Waals surface area contributed by atoms with Crippen molar-refractivity contribution in [1.82, 2.24) is 0 Å². The minimum absolute atomic E-state index is 0.129. The fourth-order valence-electron chi connectivity index (χ4n) is 6.06. The second-order valence-corrected chi connectivity index (χ2v) is 10.8. The fourth-order valence-corrected chi connectivity index (χ4v) is 7.25. The largest absolute Gasteiger partial charge is 0.312 e. The van der Waals surface area contributed by atoms with E-state index in [1.807, 2.05) is 0 Å². The summed E-state index contributed by atoms with van der Waals surface area (Å²) < 4.78 is 0. The highest BCUT2D eigenvalue weighted by atomic mass is 32.1. The molecular weight excluding hydrogens is 434 g/mol. The molecule has 1 aromatic carbocycles. The van der Waals surface area contributed by atoms with Crippen LogP contribution < -0.4 is 10.2 Å². The van der Waals surface area contributed by atoms with Crippen LogP contribution in [0.25, 0.3) is 0 Å².